The van der Waals surface area contributed by atoms with Gasteiger partial charge in [-0.2, -0.15) is 5.10 Å². The number of carbonyl (C=O) groups excluding carboxylic acids is 2. The summed E-state index contributed by atoms with van der Waals surface area (Å²) in [6.07, 6.45) is 1.92. The first-order valence-electron chi connectivity index (χ1n) is 9.00. The number of rotatable bonds is 2. The van der Waals surface area contributed by atoms with Crippen LogP contribution in [0.15, 0.2) is 6.07 Å². The lowest BCUT2D eigenvalue weighted by Gasteiger charge is -2.49. The molecule has 0 aliphatic carbocycles. The Kier molecular flexibility index (Phi) is 4.86. The summed E-state index contributed by atoms with van der Waals surface area (Å²) in [7, 11) is 0. The van der Waals surface area contributed by atoms with Gasteiger partial charge in [0.15, 0.2) is 0 Å². The van der Waals surface area contributed by atoms with Crippen LogP contribution in [-0.2, 0) is 16.1 Å². The van der Waals surface area contributed by atoms with Gasteiger partial charge in [-0.15, -0.1) is 0 Å². The van der Waals surface area contributed by atoms with Crippen molar-refractivity contribution in [1.29, 1.82) is 0 Å². The maximum absolute atomic E-state index is 12.6. The van der Waals surface area contributed by atoms with Gasteiger partial charge in [0.25, 0.3) is 0 Å². The number of amides is 2. The van der Waals surface area contributed by atoms with E-state index in [1.54, 1.807) is 16.5 Å². The van der Waals surface area contributed by atoms with Gasteiger partial charge < -0.3 is 14.9 Å². The summed E-state index contributed by atoms with van der Waals surface area (Å²) in [5, 5.41) is 14.5. The van der Waals surface area contributed by atoms with Gasteiger partial charge in [-0.25, -0.2) is 0 Å². The van der Waals surface area contributed by atoms with Crippen molar-refractivity contribution < 1.29 is 14.7 Å². The Hall–Kier alpha value is -1.89. The van der Waals surface area contributed by atoms with Gasteiger partial charge in [0.05, 0.1) is 11.8 Å². The van der Waals surface area contributed by atoms with Crippen molar-refractivity contribution in [3.63, 3.8) is 0 Å². The maximum Gasteiger partial charge on any atom is 0.244 e. The third-order valence-corrected chi connectivity index (χ3v) is 5.64. The minimum absolute atomic E-state index is 0.0150. The van der Waals surface area contributed by atoms with E-state index in [4.69, 9.17) is 0 Å². The molecule has 1 aromatic heterocycles. The van der Waals surface area contributed by atoms with Crippen LogP contribution in [0.1, 0.15) is 37.6 Å². The van der Waals surface area contributed by atoms with Gasteiger partial charge in [0.2, 0.25) is 11.8 Å². The molecule has 0 saturated carbocycles. The highest BCUT2D eigenvalue weighted by Crippen LogP contribution is 2.40. The molecule has 3 heterocycles. The summed E-state index contributed by atoms with van der Waals surface area (Å²) in [4.78, 5) is 28.0. The molecule has 138 valence electrons. The van der Waals surface area contributed by atoms with Gasteiger partial charge in [-0.3, -0.25) is 14.3 Å². The monoisotopic (exact) mass is 348 g/mol. The van der Waals surface area contributed by atoms with Gasteiger partial charge in [0.1, 0.15) is 6.54 Å². The van der Waals surface area contributed by atoms with Crippen LogP contribution in [0, 0.1) is 19.3 Å². The van der Waals surface area contributed by atoms with Crippen molar-refractivity contribution >= 4 is 11.8 Å². The van der Waals surface area contributed by atoms with E-state index in [1.165, 1.54) is 0 Å². The third kappa shape index (κ3) is 3.86. The number of aliphatic hydroxyl groups excluding tert-OH is 1. The van der Waals surface area contributed by atoms with Gasteiger partial charge in [-0.1, -0.05) is 0 Å². The van der Waals surface area contributed by atoms with Crippen LogP contribution >= 0.6 is 0 Å². The summed E-state index contributed by atoms with van der Waals surface area (Å²) >= 11 is 0. The molecule has 7 heteroatoms. The number of nitrogens with zero attached hydrogens (tertiary/aromatic N) is 4. The second-order valence-electron chi connectivity index (χ2n) is 7.72. The zero-order chi connectivity index (χ0) is 18.2. The van der Waals surface area contributed by atoms with Crippen molar-refractivity contribution in [2.24, 2.45) is 5.41 Å². The minimum Gasteiger partial charge on any atom is -0.391 e. The summed E-state index contributed by atoms with van der Waals surface area (Å²) in [6.45, 7) is 8.18. The standard InChI is InChI=1S/C18H28N4O3/c1-13-8-14(2)22(19-13)11-17(25)20-6-4-18(5-7-20)9-16(24)10-21(12-18)15(3)23/h8,16,24H,4-7,9-12H2,1-3H3. The Bertz CT molecular complexity index is 661. The number of hydrogen-bond acceptors (Lipinski definition) is 4. The smallest absolute Gasteiger partial charge is 0.244 e. The van der Waals surface area contributed by atoms with Crippen molar-refractivity contribution in [2.45, 2.75) is 52.7 Å². The number of β-amino-alcohol motifs (C(OH)–C–C–N with tert-alkyl or cyclic N) is 1. The minimum atomic E-state index is -0.463. The molecule has 1 N–H and O–H groups in total. The third-order valence-electron chi connectivity index (χ3n) is 5.64. The highest BCUT2D eigenvalue weighted by atomic mass is 16.3. The summed E-state index contributed by atoms with van der Waals surface area (Å²) in [6, 6.07) is 1.97. The fraction of sp³-hybridized carbons (Fsp3) is 0.722. The molecule has 2 aliphatic heterocycles. The lowest BCUT2D eigenvalue weighted by atomic mass is 9.71. The number of piperidine rings is 2. The Balaban J connectivity index is 1.60. The molecule has 2 saturated heterocycles. The molecule has 3 rings (SSSR count). The van der Waals surface area contributed by atoms with E-state index in [9.17, 15) is 14.7 Å². The van der Waals surface area contributed by atoms with E-state index in [2.05, 4.69) is 5.10 Å². The molecule has 1 aromatic rings. The van der Waals surface area contributed by atoms with Gasteiger partial charge in [-0.05, 0) is 44.6 Å². The SMILES string of the molecule is CC(=O)N1CC(O)CC2(CCN(C(=O)Cn3nc(C)cc3C)CC2)C1. The van der Waals surface area contributed by atoms with Crippen LogP contribution < -0.4 is 0 Å². The van der Waals surface area contributed by atoms with Crippen LogP contribution in [0.4, 0.5) is 0 Å². The van der Waals surface area contributed by atoms with E-state index in [-0.39, 0.29) is 23.8 Å². The number of hydrogen-bond donors (Lipinski definition) is 1. The second kappa shape index (κ2) is 6.78. The largest absolute Gasteiger partial charge is 0.391 e. The van der Waals surface area contributed by atoms with Crippen LogP contribution in [0.25, 0.3) is 0 Å². The predicted octanol–water partition coefficient (Wildman–Crippen LogP) is 0.722. The molecule has 1 atom stereocenters. The Morgan fingerprint density at radius 2 is 1.96 bits per heavy atom. The van der Waals surface area contributed by atoms with E-state index >= 15 is 0 Å². The quantitative estimate of drug-likeness (QED) is 0.854. The van der Waals surface area contributed by atoms with E-state index in [0.29, 0.717) is 26.2 Å². The molecule has 2 amide bonds. The zero-order valence-electron chi connectivity index (χ0n) is 15.4. The highest BCUT2D eigenvalue weighted by molar-refractivity contribution is 5.76. The first kappa shape index (κ1) is 17.9. The second-order valence-corrected chi connectivity index (χ2v) is 7.72. The van der Waals surface area contributed by atoms with E-state index < -0.39 is 6.10 Å². The van der Waals surface area contributed by atoms with Crippen LogP contribution in [-0.4, -0.2) is 68.8 Å². The molecule has 7 nitrogen and oxygen atoms in total. The van der Waals surface area contributed by atoms with Crippen molar-refractivity contribution in [3.05, 3.63) is 17.5 Å². The number of aromatic nitrogens is 2. The molecule has 2 aliphatic rings. The molecule has 1 spiro atoms. The van der Waals surface area contributed by atoms with Crippen molar-refractivity contribution in [2.75, 3.05) is 26.2 Å². The van der Waals surface area contributed by atoms with Crippen molar-refractivity contribution in [3.8, 4) is 0 Å². The predicted molar refractivity (Wildman–Crippen MR) is 92.8 cm³/mol. The fourth-order valence-electron chi connectivity index (χ4n) is 4.25. The van der Waals surface area contributed by atoms with Crippen LogP contribution in [0.2, 0.25) is 0 Å². The average Bonchev–Trinajstić information content (AvgIpc) is 2.84. The summed E-state index contributed by atoms with van der Waals surface area (Å²) in [5.74, 6) is 0.0991. The van der Waals surface area contributed by atoms with Crippen LogP contribution in [0.5, 0.6) is 0 Å². The highest BCUT2D eigenvalue weighted by Gasteiger charge is 2.42. The van der Waals surface area contributed by atoms with Crippen LogP contribution in [0.3, 0.4) is 0 Å². The molecule has 2 fully saturated rings. The summed E-state index contributed by atoms with van der Waals surface area (Å²) < 4.78 is 1.75. The first-order valence-corrected chi connectivity index (χ1v) is 9.00. The summed E-state index contributed by atoms with van der Waals surface area (Å²) in [5.41, 5.74) is 1.86. The maximum atomic E-state index is 12.6. The molecule has 0 radical (unpaired) electrons. The number of aryl methyl sites for hydroxylation is 2. The fourth-order valence-corrected chi connectivity index (χ4v) is 4.25. The molecule has 0 aromatic carbocycles. The Morgan fingerprint density at radius 1 is 1.28 bits per heavy atom. The zero-order valence-corrected chi connectivity index (χ0v) is 15.4. The number of aliphatic hydroxyl groups is 1. The molecule has 1 unspecified atom stereocenters. The van der Waals surface area contributed by atoms with Gasteiger partial charge in [0, 0.05) is 38.8 Å². The van der Waals surface area contributed by atoms with E-state index in [0.717, 1.165) is 30.7 Å². The Labute approximate surface area is 148 Å². The van der Waals surface area contributed by atoms with E-state index in [1.807, 2.05) is 24.8 Å². The molecular formula is C18H28N4O3. The molecular weight excluding hydrogens is 320 g/mol. The lowest BCUT2D eigenvalue weighted by Crippen LogP contribution is -2.55. The molecule has 0 bridgehead atoms. The lowest BCUT2D eigenvalue weighted by molar-refractivity contribution is -0.142. The topological polar surface area (TPSA) is 78.7 Å². The normalized spacial score (nSPS) is 23.1. The number of likely N-dealkylation sites (tertiary alicyclic amines) is 2. The Morgan fingerprint density at radius 3 is 2.52 bits per heavy atom. The number of carbonyl (C=O) groups is 2. The average molecular weight is 348 g/mol. The first-order chi connectivity index (χ1) is 11.8. The van der Waals surface area contributed by atoms with Crippen molar-refractivity contribution in [1.82, 2.24) is 19.6 Å². The van der Waals surface area contributed by atoms with Gasteiger partial charge >= 0.3 is 0 Å². The molecule has 25 heavy (non-hydrogen) atoms.